The second-order valence-electron chi connectivity index (χ2n) is 2.53. The normalized spacial score (nSPS) is 12.0. The largest absolute Gasteiger partial charge is 0.495 e. The third kappa shape index (κ3) is 3.46. The van der Waals surface area contributed by atoms with Crippen molar-refractivity contribution in [3.63, 3.8) is 0 Å². The summed E-state index contributed by atoms with van der Waals surface area (Å²) in [6.07, 6.45) is 0. The van der Waals surface area contributed by atoms with Crippen molar-refractivity contribution in [2.75, 3.05) is 13.2 Å². The van der Waals surface area contributed by atoms with Crippen LogP contribution in [0, 0.1) is 0 Å². The molecule has 2 nitrogen and oxygen atoms in total. The molecule has 0 heterocycles. The van der Waals surface area contributed by atoms with Crippen molar-refractivity contribution >= 4 is 0 Å². The summed E-state index contributed by atoms with van der Waals surface area (Å²) in [5.74, 6) is 1.59. The van der Waals surface area contributed by atoms with E-state index in [1.54, 1.807) is 0 Å². The maximum atomic E-state index is 5.37. The molecule has 12 heavy (non-hydrogen) atoms. The Bertz CT molecular complexity index is 180. The van der Waals surface area contributed by atoms with Crippen LogP contribution in [0.1, 0.15) is 27.7 Å². The van der Waals surface area contributed by atoms with Gasteiger partial charge in [0.25, 0.3) is 0 Å². The van der Waals surface area contributed by atoms with Crippen LogP contribution in [-0.4, -0.2) is 13.2 Å². The molecule has 0 unspecified atom stereocenters. The topological polar surface area (TPSA) is 18.5 Å². The van der Waals surface area contributed by atoms with Gasteiger partial charge >= 0.3 is 0 Å². The Labute approximate surface area is 74.9 Å². The molecule has 0 aliphatic heterocycles. The Balaban J connectivity index is 4.43. The minimum atomic E-state index is 0.645. The molecule has 0 bridgehead atoms. The lowest BCUT2D eigenvalue weighted by Crippen LogP contribution is -1.99. The van der Waals surface area contributed by atoms with Crippen LogP contribution in [0.3, 0.4) is 0 Å². The monoisotopic (exact) mass is 170 g/mol. The van der Waals surface area contributed by atoms with E-state index in [-0.39, 0.29) is 0 Å². The smallest absolute Gasteiger partial charge is 0.158 e. The highest BCUT2D eigenvalue weighted by molar-refractivity contribution is 5.22. The third-order valence-electron chi connectivity index (χ3n) is 1.36. The van der Waals surface area contributed by atoms with Gasteiger partial charge in [0.2, 0.25) is 0 Å². The Morgan fingerprint density at radius 3 is 1.92 bits per heavy atom. The Morgan fingerprint density at radius 1 is 1.08 bits per heavy atom. The van der Waals surface area contributed by atoms with Crippen LogP contribution in [0.5, 0.6) is 0 Å². The summed E-state index contributed by atoms with van der Waals surface area (Å²) in [6, 6.07) is 0. The summed E-state index contributed by atoms with van der Waals surface area (Å²) < 4.78 is 10.7. The molecule has 0 N–H and O–H groups in total. The molecule has 0 rings (SSSR count). The average molecular weight is 170 g/mol. The number of ether oxygens (including phenoxy) is 2. The summed E-state index contributed by atoms with van der Waals surface area (Å²) in [5, 5.41) is 0. The van der Waals surface area contributed by atoms with E-state index in [1.807, 2.05) is 27.7 Å². The van der Waals surface area contributed by atoms with Crippen LogP contribution in [0.15, 0.2) is 23.7 Å². The van der Waals surface area contributed by atoms with Gasteiger partial charge in [0, 0.05) is 0 Å². The third-order valence-corrected chi connectivity index (χ3v) is 1.36. The molecule has 0 atom stereocenters. The van der Waals surface area contributed by atoms with Crippen LogP contribution >= 0.6 is 0 Å². The maximum Gasteiger partial charge on any atom is 0.158 e. The van der Waals surface area contributed by atoms with Crippen molar-refractivity contribution in [3.8, 4) is 0 Å². The molecule has 0 aliphatic carbocycles. The lowest BCUT2D eigenvalue weighted by atomic mass is 10.2. The van der Waals surface area contributed by atoms with Gasteiger partial charge < -0.3 is 9.47 Å². The Morgan fingerprint density at radius 2 is 1.58 bits per heavy atom. The van der Waals surface area contributed by atoms with E-state index in [0.717, 1.165) is 17.1 Å². The second-order valence-corrected chi connectivity index (χ2v) is 2.53. The molecule has 0 saturated heterocycles. The zero-order chi connectivity index (χ0) is 9.56. The van der Waals surface area contributed by atoms with Crippen LogP contribution in [0.4, 0.5) is 0 Å². The molecule has 0 spiro atoms. The summed E-state index contributed by atoms with van der Waals surface area (Å²) >= 11 is 0. The standard InChI is InChI=1S/C10H18O2/c1-6-11-9(5)10(8(3)4)12-7-2/h3,6-7H2,1-2,4-5H3. The van der Waals surface area contributed by atoms with E-state index in [2.05, 4.69) is 6.58 Å². The first-order valence-corrected chi connectivity index (χ1v) is 4.25. The van der Waals surface area contributed by atoms with E-state index < -0.39 is 0 Å². The fourth-order valence-corrected chi connectivity index (χ4v) is 0.952. The predicted molar refractivity (Wildman–Crippen MR) is 50.8 cm³/mol. The maximum absolute atomic E-state index is 5.37. The zero-order valence-corrected chi connectivity index (χ0v) is 8.44. The molecule has 0 aromatic rings. The minimum Gasteiger partial charge on any atom is -0.495 e. The van der Waals surface area contributed by atoms with Crippen molar-refractivity contribution in [2.24, 2.45) is 0 Å². The summed E-state index contributed by atoms with van der Waals surface area (Å²) in [4.78, 5) is 0. The van der Waals surface area contributed by atoms with E-state index in [4.69, 9.17) is 9.47 Å². The SMILES string of the molecule is C=C(C)C(OCC)=C(C)OCC. The van der Waals surface area contributed by atoms with Crippen LogP contribution in [0.2, 0.25) is 0 Å². The molecule has 0 amide bonds. The van der Waals surface area contributed by atoms with Gasteiger partial charge in [0.15, 0.2) is 5.76 Å². The summed E-state index contributed by atoms with van der Waals surface area (Å²) in [7, 11) is 0. The number of rotatable bonds is 5. The molecule has 0 aromatic heterocycles. The average Bonchev–Trinajstić information content (AvgIpc) is 1.99. The molecule has 70 valence electrons. The van der Waals surface area contributed by atoms with Crippen molar-refractivity contribution in [3.05, 3.63) is 23.7 Å². The molecule has 0 aromatic carbocycles. The van der Waals surface area contributed by atoms with Crippen LogP contribution < -0.4 is 0 Å². The highest BCUT2D eigenvalue weighted by atomic mass is 16.5. The van der Waals surface area contributed by atoms with Gasteiger partial charge in [-0.1, -0.05) is 6.58 Å². The fraction of sp³-hybridized carbons (Fsp3) is 0.600. The molecular weight excluding hydrogens is 152 g/mol. The van der Waals surface area contributed by atoms with Gasteiger partial charge in [0.05, 0.1) is 13.2 Å². The number of hydrogen-bond donors (Lipinski definition) is 0. The van der Waals surface area contributed by atoms with Gasteiger partial charge in [-0.05, 0) is 33.3 Å². The Kier molecular flexibility index (Phi) is 5.26. The van der Waals surface area contributed by atoms with Crippen LogP contribution in [-0.2, 0) is 9.47 Å². The van der Waals surface area contributed by atoms with E-state index in [9.17, 15) is 0 Å². The first kappa shape index (κ1) is 11.1. The van der Waals surface area contributed by atoms with E-state index in [0.29, 0.717) is 13.2 Å². The lowest BCUT2D eigenvalue weighted by molar-refractivity contribution is 0.174. The van der Waals surface area contributed by atoms with E-state index in [1.165, 1.54) is 0 Å². The van der Waals surface area contributed by atoms with E-state index >= 15 is 0 Å². The molecule has 0 aliphatic rings. The fourth-order valence-electron chi connectivity index (χ4n) is 0.952. The number of allylic oxidation sites excluding steroid dienone is 2. The van der Waals surface area contributed by atoms with Crippen LogP contribution in [0.25, 0.3) is 0 Å². The van der Waals surface area contributed by atoms with Gasteiger partial charge in [-0.2, -0.15) is 0 Å². The summed E-state index contributed by atoms with van der Waals surface area (Å²) in [6.45, 7) is 12.8. The Hall–Kier alpha value is -0.920. The minimum absolute atomic E-state index is 0.645. The summed E-state index contributed by atoms with van der Waals surface area (Å²) in [5.41, 5.74) is 0.905. The first-order valence-electron chi connectivity index (χ1n) is 4.25. The molecule has 0 fully saturated rings. The molecule has 2 heteroatoms. The predicted octanol–water partition coefficient (Wildman–Crippen LogP) is 2.87. The molecule has 0 saturated carbocycles. The van der Waals surface area contributed by atoms with Gasteiger partial charge in [0.1, 0.15) is 5.76 Å². The van der Waals surface area contributed by atoms with Gasteiger partial charge in [-0.15, -0.1) is 0 Å². The first-order chi connectivity index (χ1) is 5.63. The highest BCUT2D eigenvalue weighted by Crippen LogP contribution is 2.14. The number of hydrogen-bond acceptors (Lipinski definition) is 2. The van der Waals surface area contributed by atoms with Crippen molar-refractivity contribution in [2.45, 2.75) is 27.7 Å². The molecular formula is C10H18O2. The lowest BCUT2D eigenvalue weighted by Gasteiger charge is -2.12. The second kappa shape index (κ2) is 5.70. The highest BCUT2D eigenvalue weighted by Gasteiger charge is 2.04. The quantitative estimate of drug-likeness (QED) is 0.466. The van der Waals surface area contributed by atoms with Crippen molar-refractivity contribution in [1.29, 1.82) is 0 Å². The van der Waals surface area contributed by atoms with Gasteiger partial charge in [-0.25, -0.2) is 0 Å². The van der Waals surface area contributed by atoms with Crippen molar-refractivity contribution < 1.29 is 9.47 Å². The zero-order valence-electron chi connectivity index (χ0n) is 8.44. The van der Waals surface area contributed by atoms with Crippen molar-refractivity contribution in [1.82, 2.24) is 0 Å². The molecule has 0 radical (unpaired) electrons. The van der Waals surface area contributed by atoms with Gasteiger partial charge in [-0.3, -0.25) is 0 Å².